The summed E-state index contributed by atoms with van der Waals surface area (Å²) in [4.78, 5) is 19.0. The van der Waals surface area contributed by atoms with Gasteiger partial charge in [0.2, 0.25) is 0 Å². The summed E-state index contributed by atoms with van der Waals surface area (Å²) in [6.45, 7) is 4.96. The summed E-state index contributed by atoms with van der Waals surface area (Å²) in [5.74, 6) is 1.17. The van der Waals surface area contributed by atoms with Crippen molar-refractivity contribution in [3.8, 4) is 17.0 Å². The third-order valence-electron chi connectivity index (χ3n) is 5.61. The molecule has 31 heavy (non-hydrogen) atoms. The summed E-state index contributed by atoms with van der Waals surface area (Å²) >= 11 is 1.73. The minimum absolute atomic E-state index is 0.295. The monoisotopic (exact) mass is 436 g/mol. The van der Waals surface area contributed by atoms with Gasteiger partial charge in [-0.05, 0) is 56.4 Å². The van der Waals surface area contributed by atoms with E-state index in [1.54, 1.807) is 30.4 Å². The van der Waals surface area contributed by atoms with E-state index in [4.69, 9.17) is 14.5 Å². The molecular weight excluding hydrogens is 408 g/mol. The lowest BCUT2D eigenvalue weighted by Gasteiger charge is -2.31. The number of hydrogen-bond donors (Lipinski definition) is 0. The Morgan fingerprint density at radius 1 is 1.10 bits per heavy atom. The van der Waals surface area contributed by atoms with Gasteiger partial charge in [-0.2, -0.15) is 0 Å². The van der Waals surface area contributed by atoms with Crippen LogP contribution in [0.5, 0.6) is 5.75 Å². The Hall–Kier alpha value is -2.86. The molecule has 5 nitrogen and oxygen atoms in total. The molecule has 6 heteroatoms. The van der Waals surface area contributed by atoms with E-state index in [1.165, 1.54) is 5.56 Å². The Bertz CT molecular complexity index is 964. The summed E-state index contributed by atoms with van der Waals surface area (Å²) in [5.41, 5.74) is 2.79. The van der Waals surface area contributed by atoms with E-state index in [1.807, 2.05) is 18.2 Å². The second kappa shape index (κ2) is 10.4. The highest BCUT2D eigenvalue weighted by Gasteiger charge is 2.21. The molecule has 3 aromatic rings. The van der Waals surface area contributed by atoms with E-state index >= 15 is 0 Å². The number of nitrogens with zero attached hydrogens (tertiary/aromatic N) is 2. The third-order valence-corrected chi connectivity index (χ3v) is 6.51. The van der Waals surface area contributed by atoms with Gasteiger partial charge in [-0.15, -0.1) is 11.3 Å². The molecule has 0 aliphatic carbocycles. The van der Waals surface area contributed by atoms with Crippen molar-refractivity contribution in [2.45, 2.75) is 26.2 Å². The lowest BCUT2D eigenvalue weighted by molar-refractivity contribution is 0.0526. The molecule has 4 rings (SSSR count). The first-order chi connectivity index (χ1) is 15.2. The van der Waals surface area contributed by atoms with Crippen LogP contribution in [0.3, 0.4) is 0 Å². The average molecular weight is 437 g/mol. The molecule has 0 bridgehead atoms. The van der Waals surface area contributed by atoms with Crippen LogP contribution in [-0.2, 0) is 4.74 Å². The van der Waals surface area contributed by atoms with Gasteiger partial charge in [-0.1, -0.05) is 30.3 Å². The molecule has 0 unspecified atom stereocenters. The van der Waals surface area contributed by atoms with Crippen LogP contribution in [0, 0.1) is 5.92 Å². The maximum Gasteiger partial charge on any atom is 0.338 e. The van der Waals surface area contributed by atoms with Crippen LogP contribution in [0.2, 0.25) is 0 Å². The molecule has 0 atom stereocenters. The van der Waals surface area contributed by atoms with E-state index in [2.05, 4.69) is 34.5 Å². The smallest absolute Gasteiger partial charge is 0.338 e. The van der Waals surface area contributed by atoms with Crippen LogP contribution in [0.25, 0.3) is 11.3 Å². The molecule has 0 spiro atoms. The van der Waals surface area contributed by atoms with Gasteiger partial charge in [0.1, 0.15) is 5.75 Å². The molecule has 2 aromatic carbocycles. The summed E-state index contributed by atoms with van der Waals surface area (Å²) in [6.07, 6.45) is 3.36. The van der Waals surface area contributed by atoms with Gasteiger partial charge in [0.05, 0.1) is 24.5 Å². The number of benzene rings is 2. The number of piperidine rings is 1. The van der Waals surface area contributed by atoms with Gasteiger partial charge in [0.25, 0.3) is 0 Å². The SMILES string of the molecule is CCOC(=O)c1ccc(OCCC2CCN(c3nc(-c4ccccc4)cs3)CC2)cc1. The van der Waals surface area contributed by atoms with E-state index in [9.17, 15) is 4.79 Å². The highest BCUT2D eigenvalue weighted by Crippen LogP contribution is 2.31. The first-order valence-corrected chi connectivity index (χ1v) is 11.8. The summed E-state index contributed by atoms with van der Waals surface area (Å²) < 4.78 is 10.9. The normalized spacial score (nSPS) is 14.4. The first kappa shape index (κ1) is 21.4. The molecule has 162 valence electrons. The molecule has 0 amide bonds. The van der Waals surface area contributed by atoms with Gasteiger partial charge in [-0.3, -0.25) is 0 Å². The molecule has 1 aromatic heterocycles. The van der Waals surface area contributed by atoms with Crippen LogP contribution >= 0.6 is 11.3 Å². The zero-order valence-electron chi connectivity index (χ0n) is 17.8. The number of rotatable bonds is 8. The van der Waals surface area contributed by atoms with Crippen molar-refractivity contribution in [1.29, 1.82) is 0 Å². The number of ether oxygens (including phenoxy) is 2. The van der Waals surface area contributed by atoms with E-state index in [0.29, 0.717) is 24.7 Å². The topological polar surface area (TPSA) is 51.7 Å². The highest BCUT2D eigenvalue weighted by atomic mass is 32.1. The van der Waals surface area contributed by atoms with Crippen molar-refractivity contribution < 1.29 is 14.3 Å². The third kappa shape index (κ3) is 5.64. The summed E-state index contributed by atoms with van der Waals surface area (Å²) in [7, 11) is 0. The summed E-state index contributed by atoms with van der Waals surface area (Å²) in [6, 6.07) is 17.5. The van der Waals surface area contributed by atoms with E-state index in [-0.39, 0.29) is 5.97 Å². The van der Waals surface area contributed by atoms with Crippen molar-refractivity contribution in [3.63, 3.8) is 0 Å². The second-order valence-corrected chi connectivity index (χ2v) is 8.53. The van der Waals surface area contributed by atoms with Gasteiger partial charge in [0, 0.05) is 24.0 Å². The fourth-order valence-electron chi connectivity index (χ4n) is 3.81. The lowest BCUT2D eigenvalue weighted by atomic mass is 9.94. The minimum Gasteiger partial charge on any atom is -0.494 e. The number of anilines is 1. The Morgan fingerprint density at radius 3 is 2.55 bits per heavy atom. The molecule has 1 saturated heterocycles. The number of hydrogen-bond acceptors (Lipinski definition) is 6. The van der Waals surface area contributed by atoms with Crippen LogP contribution in [0.4, 0.5) is 5.13 Å². The summed E-state index contributed by atoms with van der Waals surface area (Å²) in [5, 5.41) is 3.27. The largest absolute Gasteiger partial charge is 0.494 e. The van der Waals surface area contributed by atoms with Crippen molar-refractivity contribution in [3.05, 3.63) is 65.5 Å². The maximum absolute atomic E-state index is 11.7. The number of thiazole rings is 1. The van der Waals surface area contributed by atoms with Crippen molar-refractivity contribution in [2.75, 3.05) is 31.2 Å². The van der Waals surface area contributed by atoms with Crippen molar-refractivity contribution in [1.82, 2.24) is 4.98 Å². The van der Waals surface area contributed by atoms with Crippen molar-refractivity contribution in [2.24, 2.45) is 5.92 Å². The Labute approximate surface area is 187 Å². The molecule has 1 aliphatic heterocycles. The van der Waals surface area contributed by atoms with E-state index < -0.39 is 0 Å². The molecular formula is C25H28N2O3S. The van der Waals surface area contributed by atoms with Crippen LogP contribution in [-0.4, -0.2) is 37.3 Å². The standard InChI is InChI=1S/C25H28N2O3S/c1-2-29-24(28)21-8-10-22(11-9-21)30-17-14-19-12-15-27(16-13-19)25-26-23(18-31-25)20-6-4-3-5-7-20/h3-11,18-19H,2,12-17H2,1H3. The van der Waals surface area contributed by atoms with Crippen LogP contribution < -0.4 is 9.64 Å². The zero-order chi connectivity index (χ0) is 21.5. The van der Waals surface area contributed by atoms with Crippen LogP contribution in [0.1, 0.15) is 36.5 Å². The van der Waals surface area contributed by atoms with Gasteiger partial charge < -0.3 is 14.4 Å². The Morgan fingerprint density at radius 2 is 1.84 bits per heavy atom. The molecule has 1 fully saturated rings. The maximum atomic E-state index is 11.7. The minimum atomic E-state index is -0.295. The highest BCUT2D eigenvalue weighted by molar-refractivity contribution is 7.14. The quantitative estimate of drug-likeness (QED) is 0.426. The second-order valence-electron chi connectivity index (χ2n) is 7.69. The van der Waals surface area contributed by atoms with Crippen molar-refractivity contribution >= 4 is 22.4 Å². The first-order valence-electron chi connectivity index (χ1n) is 10.9. The zero-order valence-corrected chi connectivity index (χ0v) is 18.6. The van der Waals surface area contributed by atoms with E-state index in [0.717, 1.165) is 48.9 Å². The number of carbonyl (C=O) groups excluding carboxylic acids is 1. The van der Waals surface area contributed by atoms with Gasteiger partial charge in [0.15, 0.2) is 5.13 Å². The predicted octanol–water partition coefficient (Wildman–Crippen LogP) is 5.67. The number of carbonyl (C=O) groups is 1. The Kier molecular flexibility index (Phi) is 7.20. The molecule has 1 aliphatic rings. The molecule has 0 N–H and O–H groups in total. The molecule has 0 saturated carbocycles. The van der Waals surface area contributed by atoms with Gasteiger partial charge >= 0.3 is 5.97 Å². The average Bonchev–Trinajstić information content (AvgIpc) is 3.31. The fraction of sp³-hybridized carbons (Fsp3) is 0.360. The van der Waals surface area contributed by atoms with Gasteiger partial charge in [-0.25, -0.2) is 9.78 Å². The molecule has 2 heterocycles. The Balaban J connectivity index is 1.20. The number of aromatic nitrogens is 1. The predicted molar refractivity (Wildman–Crippen MR) is 125 cm³/mol. The fourth-order valence-corrected chi connectivity index (χ4v) is 4.70. The van der Waals surface area contributed by atoms with Crippen LogP contribution in [0.15, 0.2) is 60.0 Å². The lowest BCUT2D eigenvalue weighted by Crippen LogP contribution is -2.34. The molecule has 0 radical (unpaired) electrons. The number of esters is 1.